The number of carbonyl (C=O) groups is 3. The van der Waals surface area contributed by atoms with Crippen LogP contribution in [0.2, 0.25) is 0 Å². The average Bonchev–Trinajstić information content (AvgIpc) is 3.41. The number of carbonyl (C=O) groups excluding carboxylic acids is 3. The molecule has 7 heteroatoms. The summed E-state index contributed by atoms with van der Waals surface area (Å²) in [4.78, 5) is 42.3. The van der Waals surface area contributed by atoms with E-state index in [4.69, 9.17) is 4.74 Å². The van der Waals surface area contributed by atoms with Crippen LogP contribution in [0.1, 0.15) is 38.8 Å². The number of ether oxygens (including phenoxy) is 1. The van der Waals surface area contributed by atoms with Crippen molar-refractivity contribution in [2.75, 3.05) is 0 Å². The number of Topliss-reactive ketones (excluding diaryl/α,β-unsaturated/α-hetero) is 1. The number of rotatable bonds is 4. The van der Waals surface area contributed by atoms with Gasteiger partial charge in [0.2, 0.25) is 0 Å². The molecule has 0 spiro atoms. The maximum atomic E-state index is 13.5. The lowest BCUT2D eigenvalue weighted by atomic mass is 9.97. The predicted octanol–water partition coefficient (Wildman–Crippen LogP) is 5.77. The molecular weight excluding hydrogens is 468 g/mol. The monoisotopic (exact) mass is 488 g/mol. The van der Waals surface area contributed by atoms with Crippen LogP contribution in [0.15, 0.2) is 90.1 Å². The topological polar surface area (TPSA) is 87.0 Å². The molecule has 5 aromatic rings. The van der Waals surface area contributed by atoms with Crippen molar-refractivity contribution in [1.29, 1.82) is 0 Å². The van der Waals surface area contributed by atoms with E-state index < -0.39 is 11.8 Å². The summed E-state index contributed by atoms with van der Waals surface area (Å²) >= 11 is 0. The molecule has 6 rings (SSSR count). The van der Waals surface area contributed by atoms with Gasteiger partial charge in [-0.3, -0.25) is 9.59 Å². The largest absolute Gasteiger partial charge is 0.432 e. The summed E-state index contributed by atoms with van der Waals surface area (Å²) in [7, 11) is 0. The summed E-state index contributed by atoms with van der Waals surface area (Å²) in [6.07, 6.45) is 0. The van der Waals surface area contributed by atoms with Crippen molar-refractivity contribution in [3.8, 4) is 11.4 Å². The summed E-state index contributed by atoms with van der Waals surface area (Å²) < 4.78 is 7.93. The molecule has 0 atom stereocenters. The van der Waals surface area contributed by atoms with Gasteiger partial charge in [-0.05, 0) is 60.1 Å². The van der Waals surface area contributed by atoms with E-state index in [0.29, 0.717) is 27.8 Å². The Morgan fingerprint density at radius 3 is 2.38 bits per heavy atom. The molecule has 0 unspecified atom stereocenters. The van der Waals surface area contributed by atoms with Crippen LogP contribution < -0.4 is 4.74 Å². The molecule has 37 heavy (non-hydrogen) atoms. The third kappa shape index (κ3) is 3.60. The second kappa shape index (κ2) is 8.57. The Morgan fingerprint density at radius 2 is 1.62 bits per heavy atom. The first-order valence-corrected chi connectivity index (χ1v) is 11.7. The number of hydrogen-bond acceptors (Lipinski definition) is 6. The van der Waals surface area contributed by atoms with E-state index in [1.165, 1.54) is 6.92 Å². The Balaban J connectivity index is 1.63. The molecule has 0 aliphatic carbocycles. The highest BCUT2D eigenvalue weighted by Gasteiger charge is 2.34. The lowest BCUT2D eigenvalue weighted by molar-refractivity contribution is -0.141. The molecule has 4 aromatic carbocycles. The Morgan fingerprint density at radius 1 is 0.892 bits per heavy atom. The smallest absolute Gasteiger partial charge is 0.332 e. The molecule has 1 aliphatic rings. The van der Waals surface area contributed by atoms with E-state index in [1.54, 1.807) is 6.07 Å². The zero-order chi connectivity index (χ0) is 25.7. The predicted molar refractivity (Wildman–Crippen MR) is 140 cm³/mol. The number of hydrogen-bond donors (Lipinski definition) is 0. The van der Waals surface area contributed by atoms with Gasteiger partial charge in [-0.25, -0.2) is 4.79 Å². The van der Waals surface area contributed by atoms with Gasteiger partial charge in [0.25, 0.3) is 5.78 Å². The number of benzene rings is 4. The molecule has 180 valence electrons. The van der Waals surface area contributed by atoms with Crippen molar-refractivity contribution in [2.24, 2.45) is 5.16 Å². The van der Waals surface area contributed by atoms with Gasteiger partial charge in [-0.2, -0.15) is 0 Å². The molecule has 2 heterocycles. The Labute approximate surface area is 211 Å². The first-order chi connectivity index (χ1) is 17.9. The number of oxime groups is 1. The number of nitrogens with zero attached hydrogens (tertiary/aromatic N) is 2. The maximum Gasteiger partial charge on any atom is 0.332 e. The highest BCUT2D eigenvalue weighted by molar-refractivity contribution is 6.47. The second-order valence-corrected chi connectivity index (χ2v) is 8.79. The van der Waals surface area contributed by atoms with Crippen molar-refractivity contribution >= 4 is 45.2 Å². The highest BCUT2D eigenvalue weighted by Crippen LogP contribution is 2.42. The van der Waals surface area contributed by atoms with Gasteiger partial charge in [-0.15, -0.1) is 0 Å². The van der Waals surface area contributed by atoms with Crippen LogP contribution in [0.3, 0.4) is 0 Å². The molecule has 0 N–H and O–H groups in total. The third-order valence-corrected chi connectivity index (χ3v) is 6.44. The van der Waals surface area contributed by atoms with Crippen molar-refractivity contribution in [2.45, 2.75) is 13.8 Å². The van der Waals surface area contributed by atoms with E-state index in [2.05, 4.69) is 14.6 Å². The fourth-order valence-corrected chi connectivity index (χ4v) is 4.77. The molecule has 0 radical (unpaired) electrons. The van der Waals surface area contributed by atoms with Gasteiger partial charge in [-0.1, -0.05) is 42.5 Å². The van der Waals surface area contributed by atoms with Crippen molar-refractivity contribution in [3.63, 3.8) is 0 Å². The van der Waals surface area contributed by atoms with E-state index in [0.717, 1.165) is 27.7 Å². The number of para-hydroxylation sites is 1. The standard InChI is InChI=1S/C30H20N2O5/c1-17-8-6-7-11-21(17)27(34)19-12-14-24-23(16-19)26-25(32(24)20-9-4-3-5-10-20)15-13-22-28(35)30(36-29(22)26)31-37-18(2)33/h3-16H,1-2H3/b31-30-. The Kier molecular flexibility index (Phi) is 5.19. The van der Waals surface area contributed by atoms with E-state index >= 15 is 0 Å². The Hall–Kier alpha value is -5.04. The minimum atomic E-state index is -0.662. The fraction of sp³-hybridized carbons (Fsp3) is 0.0667. The number of ketones is 2. The summed E-state index contributed by atoms with van der Waals surface area (Å²) in [6, 6.07) is 26.3. The van der Waals surface area contributed by atoms with Crippen LogP contribution in [0.25, 0.3) is 27.5 Å². The SMILES string of the molecule is CC(=O)O/N=C1\Oc2c(ccc3c2c2cc(C(=O)c4ccccc4C)ccc2n3-c2ccccc2)C1=O. The van der Waals surface area contributed by atoms with Crippen LogP contribution in [-0.2, 0) is 9.63 Å². The van der Waals surface area contributed by atoms with Crippen LogP contribution in [0.5, 0.6) is 5.75 Å². The zero-order valence-corrected chi connectivity index (χ0v) is 20.0. The highest BCUT2D eigenvalue weighted by atomic mass is 16.7. The fourth-order valence-electron chi connectivity index (χ4n) is 4.77. The van der Waals surface area contributed by atoms with E-state index in [-0.39, 0.29) is 11.7 Å². The summed E-state index contributed by atoms with van der Waals surface area (Å²) in [5.74, 6) is -1.24. The zero-order valence-electron chi connectivity index (χ0n) is 20.0. The quantitative estimate of drug-likeness (QED) is 0.182. The van der Waals surface area contributed by atoms with Gasteiger partial charge in [0, 0.05) is 29.1 Å². The van der Waals surface area contributed by atoms with Crippen molar-refractivity contribution in [3.05, 3.63) is 107 Å². The van der Waals surface area contributed by atoms with Crippen LogP contribution in [-0.4, -0.2) is 28.0 Å². The number of aromatic nitrogens is 1. The van der Waals surface area contributed by atoms with Gasteiger partial charge < -0.3 is 14.1 Å². The lowest BCUT2D eigenvalue weighted by Gasteiger charge is -2.08. The molecule has 1 aromatic heterocycles. The van der Waals surface area contributed by atoms with Crippen LogP contribution >= 0.6 is 0 Å². The molecule has 0 fully saturated rings. The first-order valence-electron chi connectivity index (χ1n) is 11.7. The maximum absolute atomic E-state index is 13.5. The number of fused-ring (bicyclic) bond motifs is 5. The normalized spacial score (nSPS) is 13.7. The van der Waals surface area contributed by atoms with Crippen LogP contribution in [0, 0.1) is 6.92 Å². The summed E-state index contributed by atoms with van der Waals surface area (Å²) in [5.41, 5.74) is 4.89. The molecule has 0 amide bonds. The average molecular weight is 488 g/mol. The minimum absolute atomic E-state index is 0.0951. The molecule has 0 saturated heterocycles. The molecule has 7 nitrogen and oxygen atoms in total. The number of aryl methyl sites for hydroxylation is 1. The Bertz CT molecular complexity index is 1800. The van der Waals surface area contributed by atoms with Gasteiger partial charge in [0.15, 0.2) is 11.5 Å². The second-order valence-electron chi connectivity index (χ2n) is 8.79. The summed E-state index contributed by atoms with van der Waals surface area (Å²) in [5, 5.41) is 5.01. The third-order valence-electron chi connectivity index (χ3n) is 6.44. The van der Waals surface area contributed by atoms with Crippen LogP contribution in [0.4, 0.5) is 0 Å². The van der Waals surface area contributed by atoms with Gasteiger partial charge >= 0.3 is 11.9 Å². The first kappa shape index (κ1) is 22.4. The van der Waals surface area contributed by atoms with Crippen molar-refractivity contribution in [1.82, 2.24) is 4.57 Å². The molecule has 1 aliphatic heterocycles. The van der Waals surface area contributed by atoms with E-state index in [1.807, 2.05) is 85.8 Å². The van der Waals surface area contributed by atoms with Crippen molar-refractivity contribution < 1.29 is 24.0 Å². The molecule has 0 bridgehead atoms. The summed E-state index contributed by atoms with van der Waals surface area (Å²) in [6.45, 7) is 3.10. The minimum Gasteiger partial charge on any atom is -0.432 e. The lowest BCUT2D eigenvalue weighted by Crippen LogP contribution is -2.13. The van der Waals surface area contributed by atoms with Gasteiger partial charge in [0.05, 0.1) is 22.0 Å². The molecule has 0 saturated carbocycles. The molecular formula is C30H20N2O5. The van der Waals surface area contributed by atoms with Gasteiger partial charge in [0.1, 0.15) is 0 Å². The van der Waals surface area contributed by atoms with E-state index in [9.17, 15) is 14.4 Å².